The lowest BCUT2D eigenvalue weighted by molar-refractivity contribution is -0.131. The molecule has 0 spiro atoms. The lowest BCUT2D eigenvalue weighted by Gasteiger charge is -2.44. The summed E-state index contributed by atoms with van der Waals surface area (Å²) in [5, 5.41) is 8.79. The van der Waals surface area contributed by atoms with Crippen molar-refractivity contribution in [2.24, 2.45) is 0 Å². The number of carbonyl (C=O) groups is 1. The molecule has 2 aliphatic heterocycles. The Morgan fingerprint density at radius 3 is 2.41 bits per heavy atom. The van der Waals surface area contributed by atoms with E-state index in [9.17, 15) is 9.18 Å². The molecule has 32 heavy (non-hydrogen) atoms. The molecule has 0 amide bonds. The van der Waals surface area contributed by atoms with Gasteiger partial charge in [-0.2, -0.15) is 0 Å². The predicted molar refractivity (Wildman–Crippen MR) is 112 cm³/mol. The van der Waals surface area contributed by atoms with Gasteiger partial charge in [-0.05, 0) is 74.2 Å². The molecule has 0 saturated carbocycles. The summed E-state index contributed by atoms with van der Waals surface area (Å²) in [5.74, 6) is -1.84. The summed E-state index contributed by atoms with van der Waals surface area (Å²) < 4.78 is 56.3. The van der Waals surface area contributed by atoms with E-state index in [1.807, 2.05) is 13.0 Å². The van der Waals surface area contributed by atoms with Gasteiger partial charge >= 0.3 is 5.97 Å². The van der Waals surface area contributed by atoms with Gasteiger partial charge in [-0.25, -0.2) is 18.0 Å². The third-order valence-corrected chi connectivity index (χ3v) is 5.69. The Morgan fingerprint density at radius 2 is 1.81 bits per heavy atom. The molecular weight excluding hydrogens is 423 g/mol. The van der Waals surface area contributed by atoms with Crippen LogP contribution in [0.2, 0.25) is 0 Å². The molecule has 8 heteroatoms. The number of carboxylic acid groups (broad SMARTS) is 1. The van der Waals surface area contributed by atoms with Gasteiger partial charge in [-0.3, -0.25) is 4.90 Å². The Hall–Kier alpha value is -3.00. The molecule has 0 fully saturated rings. The highest BCUT2D eigenvalue weighted by Crippen LogP contribution is 2.46. The smallest absolute Gasteiger partial charge is 0.328 e. The summed E-state index contributed by atoms with van der Waals surface area (Å²) in [5.41, 5.74) is -0.250. The number of fused-ring (bicyclic) bond motifs is 2. The molecule has 0 aromatic heterocycles. The van der Waals surface area contributed by atoms with Gasteiger partial charge in [0.15, 0.2) is 11.5 Å². The molecule has 170 valence electrons. The summed E-state index contributed by atoms with van der Waals surface area (Å²) in [6.45, 7) is 4.78. The Bertz CT molecular complexity index is 1070. The Balaban J connectivity index is 1.88. The van der Waals surface area contributed by atoms with Crippen LogP contribution < -0.4 is 9.47 Å². The van der Waals surface area contributed by atoms with E-state index in [0.717, 1.165) is 29.8 Å². The maximum absolute atomic E-state index is 15.3. The molecule has 2 aromatic rings. The van der Waals surface area contributed by atoms with E-state index in [4.69, 9.17) is 14.6 Å². The van der Waals surface area contributed by atoms with E-state index < -0.39 is 29.3 Å². The first kappa shape index (κ1) is 22.2. The summed E-state index contributed by atoms with van der Waals surface area (Å²) in [7, 11) is 0. The average molecular weight is 447 g/mol. The van der Waals surface area contributed by atoms with Crippen molar-refractivity contribution in [2.75, 3.05) is 13.3 Å². The van der Waals surface area contributed by atoms with Crippen LogP contribution in [0.15, 0.2) is 30.3 Å². The van der Waals surface area contributed by atoms with Crippen molar-refractivity contribution >= 4 is 12.0 Å². The van der Waals surface area contributed by atoms with Gasteiger partial charge in [0.2, 0.25) is 6.79 Å². The fourth-order valence-electron chi connectivity index (χ4n) is 4.43. The van der Waals surface area contributed by atoms with E-state index in [-0.39, 0.29) is 30.5 Å². The van der Waals surface area contributed by atoms with Crippen LogP contribution >= 0.6 is 0 Å². The molecule has 0 saturated heterocycles. The molecule has 0 bridgehead atoms. The highest BCUT2D eigenvalue weighted by Gasteiger charge is 2.40. The summed E-state index contributed by atoms with van der Waals surface area (Å²) in [4.78, 5) is 12.5. The molecule has 2 atom stereocenters. The van der Waals surface area contributed by atoms with E-state index >= 15 is 8.78 Å². The predicted octanol–water partition coefficient (Wildman–Crippen LogP) is 4.88. The fourth-order valence-corrected chi connectivity index (χ4v) is 4.43. The number of rotatable bonds is 5. The van der Waals surface area contributed by atoms with Crippen LogP contribution in [0.4, 0.5) is 13.2 Å². The van der Waals surface area contributed by atoms with Crippen molar-refractivity contribution in [3.05, 3.63) is 64.2 Å². The lowest BCUT2D eigenvalue weighted by Crippen LogP contribution is -2.48. The third-order valence-electron chi connectivity index (χ3n) is 5.69. The molecule has 2 aliphatic rings. The molecule has 0 radical (unpaired) electrons. The van der Waals surface area contributed by atoms with Gasteiger partial charge in [0, 0.05) is 24.2 Å². The van der Waals surface area contributed by atoms with Crippen molar-refractivity contribution in [1.82, 2.24) is 4.90 Å². The SMILES string of the molecule is C[C@@H]1Cc2cc3c(cc2C(c2c(F)cc(/C=C/C(=O)O)cc2F)N1CC(C)(C)F)OCO3. The average Bonchev–Trinajstić information content (AvgIpc) is 3.13. The summed E-state index contributed by atoms with van der Waals surface area (Å²) in [6, 6.07) is 4.61. The van der Waals surface area contributed by atoms with Crippen LogP contribution in [0, 0.1) is 11.6 Å². The number of aliphatic carboxylic acids is 1. The maximum Gasteiger partial charge on any atom is 0.328 e. The highest BCUT2D eigenvalue weighted by atomic mass is 19.1. The molecule has 2 aromatic carbocycles. The van der Waals surface area contributed by atoms with Gasteiger partial charge in [0.25, 0.3) is 0 Å². The Labute approximate surface area is 184 Å². The zero-order valence-electron chi connectivity index (χ0n) is 18.0. The lowest BCUT2D eigenvalue weighted by atomic mass is 9.83. The molecule has 2 heterocycles. The van der Waals surface area contributed by atoms with Gasteiger partial charge in [-0.1, -0.05) is 0 Å². The number of ether oxygens (including phenoxy) is 2. The first-order valence-corrected chi connectivity index (χ1v) is 10.3. The van der Waals surface area contributed by atoms with Crippen LogP contribution in [-0.2, 0) is 11.2 Å². The number of nitrogens with zero attached hydrogens (tertiary/aromatic N) is 1. The number of carboxylic acids is 1. The van der Waals surface area contributed by atoms with Crippen molar-refractivity contribution in [1.29, 1.82) is 0 Å². The molecule has 1 unspecified atom stereocenters. The normalized spacial score (nSPS) is 20.6. The molecular formula is C24H24F3NO4. The monoisotopic (exact) mass is 447 g/mol. The van der Waals surface area contributed by atoms with Gasteiger partial charge in [-0.15, -0.1) is 0 Å². The van der Waals surface area contributed by atoms with Crippen LogP contribution in [0.1, 0.15) is 49.1 Å². The minimum absolute atomic E-state index is 0.0355. The maximum atomic E-state index is 15.3. The van der Waals surface area contributed by atoms with Crippen LogP contribution in [0.3, 0.4) is 0 Å². The zero-order valence-corrected chi connectivity index (χ0v) is 18.0. The van der Waals surface area contributed by atoms with E-state index in [2.05, 4.69) is 0 Å². The second-order valence-corrected chi connectivity index (χ2v) is 8.82. The third kappa shape index (κ3) is 4.32. The number of halogens is 3. The largest absolute Gasteiger partial charge is 0.478 e. The zero-order chi connectivity index (χ0) is 23.2. The van der Waals surface area contributed by atoms with Gasteiger partial charge in [0.05, 0.1) is 6.04 Å². The topological polar surface area (TPSA) is 59.0 Å². The summed E-state index contributed by atoms with van der Waals surface area (Å²) >= 11 is 0. The molecule has 1 N–H and O–H groups in total. The van der Waals surface area contributed by atoms with Crippen LogP contribution in [0.25, 0.3) is 6.08 Å². The minimum atomic E-state index is -1.60. The number of hydrogen-bond donors (Lipinski definition) is 1. The first-order chi connectivity index (χ1) is 15.0. The van der Waals surface area contributed by atoms with Crippen LogP contribution in [0.5, 0.6) is 11.5 Å². The fraction of sp³-hybridized carbons (Fsp3) is 0.375. The van der Waals surface area contributed by atoms with E-state index in [1.54, 1.807) is 11.0 Å². The first-order valence-electron chi connectivity index (χ1n) is 10.3. The Morgan fingerprint density at radius 1 is 1.19 bits per heavy atom. The van der Waals surface area contributed by atoms with E-state index in [1.165, 1.54) is 13.8 Å². The second kappa shape index (κ2) is 8.16. The highest BCUT2D eigenvalue weighted by molar-refractivity contribution is 5.85. The minimum Gasteiger partial charge on any atom is -0.478 e. The second-order valence-electron chi connectivity index (χ2n) is 8.82. The molecule has 0 aliphatic carbocycles. The van der Waals surface area contributed by atoms with Crippen molar-refractivity contribution in [3.8, 4) is 11.5 Å². The number of alkyl halides is 1. The van der Waals surface area contributed by atoms with E-state index in [0.29, 0.717) is 23.5 Å². The Kier molecular flexibility index (Phi) is 5.67. The number of hydrogen-bond acceptors (Lipinski definition) is 4. The molecule has 5 nitrogen and oxygen atoms in total. The standard InChI is InChI=1S/C24H24F3NO4/c1-13-6-15-9-19-20(32-12-31-19)10-16(15)23(28(13)11-24(2,3)27)22-17(25)7-14(8-18(22)26)4-5-21(29)30/h4-5,7-10,13,23H,6,11-12H2,1-3H3,(H,29,30)/b5-4+/t13-,23?/m1/s1. The van der Waals surface area contributed by atoms with Crippen molar-refractivity contribution < 1.29 is 32.5 Å². The van der Waals surface area contributed by atoms with Crippen LogP contribution in [-0.4, -0.2) is 41.0 Å². The quantitative estimate of drug-likeness (QED) is 0.663. The number of benzene rings is 2. The van der Waals surface area contributed by atoms with Gasteiger partial charge < -0.3 is 14.6 Å². The van der Waals surface area contributed by atoms with Crippen molar-refractivity contribution in [3.63, 3.8) is 0 Å². The van der Waals surface area contributed by atoms with Crippen molar-refractivity contribution in [2.45, 2.75) is 44.9 Å². The molecule has 4 rings (SSSR count). The van der Waals surface area contributed by atoms with Gasteiger partial charge in [0.1, 0.15) is 17.3 Å². The summed E-state index contributed by atoms with van der Waals surface area (Å²) in [6.07, 6.45) is 2.49.